The predicted octanol–water partition coefficient (Wildman–Crippen LogP) is 7.50. The summed E-state index contributed by atoms with van der Waals surface area (Å²) in [7, 11) is 0. The molecule has 0 radical (unpaired) electrons. The van der Waals surface area contributed by atoms with Crippen molar-refractivity contribution in [3.63, 3.8) is 0 Å². The fourth-order valence-electron chi connectivity index (χ4n) is 2.27. The number of rotatable bonds is 11. The van der Waals surface area contributed by atoms with Gasteiger partial charge < -0.3 is 0 Å². The topological polar surface area (TPSA) is 0 Å². The summed E-state index contributed by atoms with van der Waals surface area (Å²) in [6.45, 7) is 11.1. The first-order chi connectivity index (χ1) is 10.5. The molecule has 1 heteroatoms. The summed E-state index contributed by atoms with van der Waals surface area (Å²) in [6.07, 6.45) is 18.8. The molecule has 0 amide bonds. The lowest BCUT2D eigenvalue weighted by atomic mass is 10.0. The van der Waals surface area contributed by atoms with Crippen molar-refractivity contribution in [2.75, 3.05) is 12.0 Å². The quantitative estimate of drug-likeness (QED) is 0.355. The molecule has 0 N–H and O–H groups in total. The first-order valence-electron chi connectivity index (χ1n) is 8.57. The zero-order valence-corrected chi connectivity index (χ0v) is 16.5. The van der Waals surface area contributed by atoms with Crippen LogP contribution in [0.2, 0.25) is 0 Å². The van der Waals surface area contributed by atoms with E-state index in [0.29, 0.717) is 0 Å². The van der Waals surface area contributed by atoms with Gasteiger partial charge in [0.2, 0.25) is 0 Å². The van der Waals surface area contributed by atoms with Gasteiger partial charge in [-0.05, 0) is 79.4 Å². The molecule has 0 aliphatic heterocycles. The molecule has 0 bridgehead atoms. The lowest BCUT2D eigenvalue weighted by Crippen LogP contribution is -1.83. The second kappa shape index (κ2) is 13.9. The van der Waals surface area contributed by atoms with E-state index in [2.05, 4.69) is 65.2 Å². The first kappa shape index (κ1) is 21.3. The maximum Gasteiger partial charge on any atom is 0.0137 e. The molecule has 0 spiro atoms. The summed E-state index contributed by atoms with van der Waals surface area (Å²) in [6, 6.07) is 0. The fourth-order valence-corrected chi connectivity index (χ4v) is 2.85. The van der Waals surface area contributed by atoms with Crippen molar-refractivity contribution >= 4 is 11.8 Å². The smallest absolute Gasteiger partial charge is 0.0137 e. The van der Waals surface area contributed by atoms with Gasteiger partial charge in [-0.3, -0.25) is 0 Å². The van der Waals surface area contributed by atoms with Crippen molar-refractivity contribution in [3.8, 4) is 0 Å². The van der Waals surface area contributed by atoms with Crippen molar-refractivity contribution in [2.45, 2.75) is 73.1 Å². The molecule has 0 unspecified atom stereocenters. The first-order valence-corrected chi connectivity index (χ1v) is 9.96. The maximum atomic E-state index is 2.42. The minimum absolute atomic E-state index is 1.17. The SMILES string of the molecule is C/C=C(\C)CC/C=C(\C)CC/C=C(\C)CC/C=C(\C)CSC. The summed E-state index contributed by atoms with van der Waals surface area (Å²) < 4.78 is 0. The lowest BCUT2D eigenvalue weighted by molar-refractivity contribution is 0.899. The van der Waals surface area contributed by atoms with Gasteiger partial charge in [-0.2, -0.15) is 11.8 Å². The molecular formula is C21H36S. The molecule has 0 atom stereocenters. The summed E-state index contributed by atoms with van der Waals surface area (Å²) in [5.74, 6) is 1.17. The van der Waals surface area contributed by atoms with Crippen molar-refractivity contribution in [2.24, 2.45) is 0 Å². The summed E-state index contributed by atoms with van der Waals surface area (Å²) in [5, 5.41) is 0. The van der Waals surface area contributed by atoms with Crippen LogP contribution in [-0.2, 0) is 0 Å². The Labute approximate surface area is 143 Å². The van der Waals surface area contributed by atoms with Gasteiger partial charge in [0.25, 0.3) is 0 Å². The van der Waals surface area contributed by atoms with E-state index in [0.717, 1.165) is 0 Å². The molecule has 0 aromatic rings. The van der Waals surface area contributed by atoms with Gasteiger partial charge in [0.05, 0.1) is 0 Å². The average molecular weight is 321 g/mol. The number of hydrogen-bond donors (Lipinski definition) is 0. The Hall–Kier alpha value is -0.690. The molecule has 0 saturated carbocycles. The van der Waals surface area contributed by atoms with E-state index in [9.17, 15) is 0 Å². The van der Waals surface area contributed by atoms with Crippen LogP contribution < -0.4 is 0 Å². The molecule has 0 fully saturated rings. The van der Waals surface area contributed by atoms with Crippen molar-refractivity contribution in [1.82, 2.24) is 0 Å². The van der Waals surface area contributed by atoms with Gasteiger partial charge in [-0.25, -0.2) is 0 Å². The molecule has 0 nitrogen and oxygen atoms in total. The Kier molecular flexibility index (Phi) is 13.5. The molecular weight excluding hydrogens is 284 g/mol. The van der Waals surface area contributed by atoms with Gasteiger partial charge in [0, 0.05) is 5.75 Å². The van der Waals surface area contributed by atoms with E-state index in [1.54, 1.807) is 0 Å². The summed E-state index contributed by atoms with van der Waals surface area (Å²) in [5.41, 5.74) is 6.06. The van der Waals surface area contributed by atoms with Crippen molar-refractivity contribution in [1.29, 1.82) is 0 Å². The summed E-state index contributed by atoms with van der Waals surface area (Å²) in [4.78, 5) is 0. The zero-order valence-electron chi connectivity index (χ0n) is 15.7. The normalized spacial score (nSPS) is 14.6. The third-order valence-electron chi connectivity index (χ3n) is 3.96. The number of thioether (sulfide) groups is 1. The second-order valence-electron chi connectivity index (χ2n) is 6.34. The van der Waals surface area contributed by atoms with Crippen LogP contribution in [0.4, 0.5) is 0 Å². The third kappa shape index (κ3) is 13.0. The van der Waals surface area contributed by atoms with E-state index < -0.39 is 0 Å². The fraction of sp³-hybridized carbons (Fsp3) is 0.619. The van der Waals surface area contributed by atoms with Crippen LogP contribution in [0.25, 0.3) is 0 Å². The Balaban J connectivity index is 3.95. The molecule has 0 heterocycles. The van der Waals surface area contributed by atoms with Crippen LogP contribution >= 0.6 is 11.8 Å². The minimum Gasteiger partial charge on any atom is -0.161 e. The largest absolute Gasteiger partial charge is 0.161 e. The number of allylic oxidation sites excluding steroid dienone is 7. The Morgan fingerprint density at radius 3 is 1.50 bits per heavy atom. The van der Waals surface area contributed by atoms with E-state index in [1.807, 2.05) is 11.8 Å². The second-order valence-corrected chi connectivity index (χ2v) is 7.20. The van der Waals surface area contributed by atoms with E-state index >= 15 is 0 Å². The Morgan fingerprint density at radius 2 is 1.09 bits per heavy atom. The molecule has 0 aromatic carbocycles. The molecule has 126 valence electrons. The highest BCUT2D eigenvalue weighted by Gasteiger charge is 1.93. The number of hydrogen-bond acceptors (Lipinski definition) is 1. The standard InChI is InChI=1S/C21H36S/c1-7-18(2)11-8-12-19(3)13-9-14-20(4)15-10-16-21(5)17-22-6/h7,12,14,16H,8-11,13,15,17H2,1-6H3/b18-7+,19-12+,20-14+,21-16+. The minimum atomic E-state index is 1.17. The lowest BCUT2D eigenvalue weighted by Gasteiger charge is -2.03. The summed E-state index contributed by atoms with van der Waals surface area (Å²) >= 11 is 1.90. The molecule has 0 saturated heterocycles. The molecule has 0 aliphatic carbocycles. The average Bonchev–Trinajstić information content (AvgIpc) is 2.47. The maximum absolute atomic E-state index is 2.42. The van der Waals surface area contributed by atoms with Crippen LogP contribution in [-0.4, -0.2) is 12.0 Å². The zero-order chi connectivity index (χ0) is 16.8. The Morgan fingerprint density at radius 1 is 0.682 bits per heavy atom. The van der Waals surface area contributed by atoms with E-state index in [4.69, 9.17) is 0 Å². The van der Waals surface area contributed by atoms with Crippen molar-refractivity contribution < 1.29 is 0 Å². The highest BCUT2D eigenvalue weighted by atomic mass is 32.2. The van der Waals surface area contributed by atoms with Gasteiger partial charge in [-0.1, -0.05) is 46.6 Å². The van der Waals surface area contributed by atoms with Gasteiger partial charge in [-0.15, -0.1) is 0 Å². The van der Waals surface area contributed by atoms with Crippen molar-refractivity contribution in [3.05, 3.63) is 46.6 Å². The van der Waals surface area contributed by atoms with Gasteiger partial charge in [0.15, 0.2) is 0 Å². The van der Waals surface area contributed by atoms with Crippen LogP contribution in [0.15, 0.2) is 46.6 Å². The monoisotopic (exact) mass is 320 g/mol. The molecule has 22 heavy (non-hydrogen) atoms. The third-order valence-corrected chi connectivity index (χ3v) is 4.70. The van der Waals surface area contributed by atoms with Gasteiger partial charge in [0.1, 0.15) is 0 Å². The van der Waals surface area contributed by atoms with E-state index in [-0.39, 0.29) is 0 Å². The molecule has 0 aliphatic rings. The van der Waals surface area contributed by atoms with Gasteiger partial charge >= 0.3 is 0 Å². The Bertz CT molecular complexity index is 408. The van der Waals surface area contributed by atoms with E-state index in [1.165, 1.54) is 66.6 Å². The molecule has 0 aromatic heterocycles. The highest BCUT2D eigenvalue weighted by molar-refractivity contribution is 7.98. The van der Waals surface area contributed by atoms with Crippen LogP contribution in [0.3, 0.4) is 0 Å². The predicted molar refractivity (Wildman–Crippen MR) is 107 cm³/mol. The van der Waals surface area contributed by atoms with Crippen LogP contribution in [0.1, 0.15) is 73.1 Å². The van der Waals surface area contributed by atoms with Crippen LogP contribution in [0.5, 0.6) is 0 Å². The van der Waals surface area contributed by atoms with Crippen LogP contribution in [0, 0.1) is 0 Å². The molecule has 0 rings (SSSR count). The highest BCUT2D eigenvalue weighted by Crippen LogP contribution is 2.14.